The van der Waals surface area contributed by atoms with Crippen LogP contribution in [-0.2, 0) is 0 Å². The van der Waals surface area contributed by atoms with Crippen molar-refractivity contribution in [3.63, 3.8) is 0 Å². The van der Waals surface area contributed by atoms with E-state index in [-0.39, 0.29) is 0 Å². The first-order chi connectivity index (χ1) is 16.6. The summed E-state index contributed by atoms with van der Waals surface area (Å²) in [6, 6.07) is 8.55. The van der Waals surface area contributed by atoms with Crippen molar-refractivity contribution in [1.82, 2.24) is 5.32 Å². The maximum Gasteiger partial charge on any atom is 0.119 e. The molecule has 0 fully saturated rings. The van der Waals surface area contributed by atoms with Crippen LogP contribution in [0.1, 0.15) is 64.5 Å². The van der Waals surface area contributed by atoms with Crippen molar-refractivity contribution in [3.8, 4) is 0 Å². The normalized spacial score (nSPS) is 17.9. The summed E-state index contributed by atoms with van der Waals surface area (Å²) in [6.45, 7) is 12.9. The lowest BCUT2D eigenvalue weighted by atomic mass is 9.96. The molecule has 0 aromatic heterocycles. The Morgan fingerprint density at radius 3 is 2.71 bits per heavy atom. The molecular weight excluding hydrogens is 419 g/mol. The second-order valence-corrected chi connectivity index (χ2v) is 7.85. The van der Waals surface area contributed by atoms with E-state index in [0.29, 0.717) is 6.42 Å². The Hall–Kier alpha value is -3.20. The number of halogens is 1. The smallest absolute Gasteiger partial charge is 0.119 e. The highest BCUT2D eigenvalue weighted by molar-refractivity contribution is 5.78. The third-order valence-electron chi connectivity index (χ3n) is 5.29. The van der Waals surface area contributed by atoms with Crippen molar-refractivity contribution >= 4 is 17.5 Å². The van der Waals surface area contributed by atoms with Gasteiger partial charge >= 0.3 is 0 Å². The zero-order valence-corrected chi connectivity index (χ0v) is 21.3. The highest BCUT2D eigenvalue weighted by atomic mass is 19.1. The predicted octanol–water partition coefficient (Wildman–Crippen LogP) is 8.78. The summed E-state index contributed by atoms with van der Waals surface area (Å²) in [7, 11) is 0. The number of alkyl halides is 1. The molecule has 34 heavy (non-hydrogen) atoms. The molecule has 182 valence electrons. The van der Waals surface area contributed by atoms with Crippen molar-refractivity contribution in [2.45, 2.75) is 59.5 Å². The van der Waals surface area contributed by atoms with E-state index in [1.807, 2.05) is 45.1 Å². The third kappa shape index (κ3) is 10.6. The minimum absolute atomic E-state index is 0.678. The van der Waals surface area contributed by atoms with Gasteiger partial charge in [-0.25, -0.2) is 4.39 Å². The number of allylic oxidation sites excluding steroid dienone is 11. The Kier molecular flexibility index (Phi) is 14.7. The van der Waals surface area contributed by atoms with Crippen molar-refractivity contribution in [2.75, 3.05) is 6.54 Å². The first-order valence-electron chi connectivity index (χ1n) is 12.2. The quantitative estimate of drug-likeness (QED) is 0.238. The van der Waals surface area contributed by atoms with Crippen LogP contribution in [0.4, 0.5) is 4.39 Å². The molecule has 2 aliphatic rings. The van der Waals surface area contributed by atoms with Crippen LogP contribution in [-0.4, -0.2) is 18.9 Å². The molecule has 0 unspecified atom stereocenters. The molecule has 0 spiro atoms. The molecule has 2 N–H and O–H groups in total. The number of benzene rings is 1. The average molecular weight is 461 g/mol. The number of rotatable bonds is 7. The summed E-state index contributed by atoms with van der Waals surface area (Å²) in [5.41, 5.74) is 7.19. The zero-order valence-electron chi connectivity index (χ0n) is 21.3. The largest absolute Gasteiger partial charge is 0.381 e. The monoisotopic (exact) mass is 460 g/mol. The predicted molar refractivity (Wildman–Crippen MR) is 150 cm³/mol. The van der Waals surface area contributed by atoms with E-state index < -0.39 is 6.17 Å². The summed E-state index contributed by atoms with van der Waals surface area (Å²) in [5.74, 6) is 0. The van der Waals surface area contributed by atoms with Crippen molar-refractivity contribution in [1.29, 1.82) is 5.41 Å². The summed E-state index contributed by atoms with van der Waals surface area (Å²) in [6.07, 6.45) is 21.7. The van der Waals surface area contributed by atoms with Gasteiger partial charge in [-0.2, -0.15) is 0 Å². The molecule has 3 rings (SSSR count). The number of hydrogen-bond donors (Lipinski definition) is 2. The fourth-order valence-electron chi connectivity index (χ4n) is 3.60. The molecule has 0 saturated heterocycles. The topological polar surface area (TPSA) is 35.9 Å². The van der Waals surface area contributed by atoms with Gasteiger partial charge in [0.15, 0.2) is 0 Å². The van der Waals surface area contributed by atoms with Crippen LogP contribution in [0.3, 0.4) is 0 Å². The van der Waals surface area contributed by atoms with Gasteiger partial charge in [0.1, 0.15) is 6.17 Å². The standard InChI is InChI=1S/C19H21N.C10H14FN.C2H6/c1-4-6-8-16(5-2)17-9-7-10-18(14-17)19-13-15(3)11-12-20-19;11-10-6-3-5-9(8-10)4-1-2-7-12;1-2/h4-11,13-14,20H,2,12H2,1,3H3;1-2,7-8,10,12H,3-6H2;1-2H3/b6-4-,16-8+;2-1-,12-7?;/t;10-;/m.0./s1. The van der Waals surface area contributed by atoms with E-state index in [9.17, 15) is 4.39 Å². The molecule has 0 radical (unpaired) electrons. The molecule has 0 amide bonds. The molecule has 1 aliphatic carbocycles. The average Bonchev–Trinajstić information content (AvgIpc) is 2.87. The van der Waals surface area contributed by atoms with Crippen LogP contribution in [0.2, 0.25) is 0 Å². The Morgan fingerprint density at radius 2 is 2.06 bits per heavy atom. The number of nitrogens with one attached hydrogen (secondary N) is 2. The Morgan fingerprint density at radius 1 is 1.26 bits per heavy atom. The molecule has 0 bridgehead atoms. The Bertz CT molecular complexity index is 957. The number of dihydropyridines is 1. The lowest BCUT2D eigenvalue weighted by Gasteiger charge is -2.15. The van der Waals surface area contributed by atoms with Gasteiger partial charge in [-0.15, -0.1) is 0 Å². The van der Waals surface area contributed by atoms with Crippen LogP contribution in [0, 0.1) is 5.41 Å². The fourth-order valence-corrected chi connectivity index (χ4v) is 3.60. The van der Waals surface area contributed by atoms with Crippen molar-refractivity contribution < 1.29 is 4.39 Å². The first-order valence-corrected chi connectivity index (χ1v) is 12.2. The second-order valence-electron chi connectivity index (χ2n) is 7.85. The van der Waals surface area contributed by atoms with Gasteiger partial charge in [0.2, 0.25) is 0 Å². The Labute approximate surface area is 206 Å². The molecule has 3 heteroatoms. The van der Waals surface area contributed by atoms with E-state index in [2.05, 4.69) is 61.3 Å². The highest BCUT2D eigenvalue weighted by Crippen LogP contribution is 2.23. The maximum atomic E-state index is 12.8. The summed E-state index contributed by atoms with van der Waals surface area (Å²) in [5, 5.41) is 10.2. The second kappa shape index (κ2) is 17.3. The first kappa shape index (κ1) is 28.8. The lowest BCUT2D eigenvalue weighted by Crippen LogP contribution is -2.15. The Balaban J connectivity index is 0.000000353. The molecular formula is C31H41FN2. The summed E-state index contributed by atoms with van der Waals surface area (Å²) >= 11 is 0. The van der Waals surface area contributed by atoms with Gasteiger partial charge in [-0.1, -0.05) is 92.3 Å². The molecule has 1 aliphatic heterocycles. The van der Waals surface area contributed by atoms with Gasteiger partial charge in [0.05, 0.1) is 0 Å². The summed E-state index contributed by atoms with van der Waals surface area (Å²) in [4.78, 5) is 0. The molecule has 1 aromatic rings. The van der Waals surface area contributed by atoms with E-state index in [1.165, 1.54) is 34.2 Å². The molecule has 2 nitrogen and oxygen atoms in total. The molecule has 1 heterocycles. The number of hydrogen-bond acceptors (Lipinski definition) is 2. The van der Waals surface area contributed by atoms with Gasteiger partial charge in [0.25, 0.3) is 0 Å². The fraction of sp³-hybridized carbons (Fsp3) is 0.323. The van der Waals surface area contributed by atoms with E-state index in [4.69, 9.17) is 5.41 Å². The third-order valence-corrected chi connectivity index (χ3v) is 5.29. The molecule has 1 atom stereocenters. The van der Waals surface area contributed by atoms with Gasteiger partial charge < -0.3 is 10.7 Å². The van der Waals surface area contributed by atoms with E-state index in [1.54, 1.807) is 12.2 Å². The molecule has 1 aromatic carbocycles. The maximum absolute atomic E-state index is 12.8. The van der Waals surface area contributed by atoms with Crippen LogP contribution < -0.4 is 5.32 Å². The summed E-state index contributed by atoms with van der Waals surface area (Å²) < 4.78 is 12.8. The van der Waals surface area contributed by atoms with Crippen molar-refractivity contribution in [2.24, 2.45) is 0 Å². The van der Waals surface area contributed by atoms with E-state index in [0.717, 1.165) is 31.4 Å². The van der Waals surface area contributed by atoms with Crippen LogP contribution in [0.25, 0.3) is 11.3 Å². The molecule has 0 saturated carbocycles. The SMILES string of the molecule is C=C/C(=C\C=C/C)c1cccc(C2=CC(C)=CCN2)c1.CC.N=C/C=C\CC1=C[C@@H](F)CCC1. The van der Waals surface area contributed by atoms with Gasteiger partial charge in [0, 0.05) is 18.5 Å². The highest BCUT2D eigenvalue weighted by Gasteiger charge is 2.10. The minimum Gasteiger partial charge on any atom is -0.381 e. The lowest BCUT2D eigenvalue weighted by molar-refractivity contribution is 0.355. The zero-order chi connectivity index (χ0) is 25.2. The van der Waals surface area contributed by atoms with Gasteiger partial charge in [-0.05, 0) is 74.4 Å². The van der Waals surface area contributed by atoms with Crippen LogP contribution in [0.5, 0.6) is 0 Å². The minimum atomic E-state index is -0.734. The van der Waals surface area contributed by atoms with Crippen LogP contribution >= 0.6 is 0 Å². The van der Waals surface area contributed by atoms with Crippen LogP contribution in [0.15, 0.2) is 96.7 Å². The van der Waals surface area contributed by atoms with Gasteiger partial charge in [-0.3, -0.25) is 0 Å². The van der Waals surface area contributed by atoms with Crippen molar-refractivity contribution in [3.05, 3.63) is 108 Å². The van der Waals surface area contributed by atoms with E-state index >= 15 is 0 Å².